The molecule has 0 aliphatic heterocycles. The smallest absolute Gasteiger partial charge is 0.138 e. The molecule has 1 N–H and O–H groups in total. The van der Waals surface area contributed by atoms with E-state index in [2.05, 4.69) is 26.1 Å². The number of hydrogen-bond donors (Lipinski definition) is 1. The molecule has 2 nitrogen and oxygen atoms in total. The lowest BCUT2D eigenvalue weighted by Gasteiger charge is -2.17. The third-order valence-electron chi connectivity index (χ3n) is 2.75. The minimum atomic E-state index is 0.122. The molecule has 1 unspecified atom stereocenters. The Labute approximate surface area is 116 Å². The van der Waals surface area contributed by atoms with Crippen LogP contribution in [0.4, 0.5) is 0 Å². The van der Waals surface area contributed by atoms with Gasteiger partial charge in [-0.2, -0.15) is 0 Å². The Kier molecular flexibility index (Phi) is 6.51. The van der Waals surface area contributed by atoms with Gasteiger partial charge in [-0.1, -0.05) is 31.5 Å². The number of hydrogen-bond acceptors (Lipinski definition) is 2. The van der Waals surface area contributed by atoms with Crippen molar-refractivity contribution in [1.29, 1.82) is 0 Å². The van der Waals surface area contributed by atoms with Gasteiger partial charge in [0.1, 0.15) is 11.9 Å². The summed E-state index contributed by atoms with van der Waals surface area (Å²) in [6, 6.07) is 5.85. The van der Waals surface area contributed by atoms with E-state index in [-0.39, 0.29) is 6.10 Å². The minimum absolute atomic E-state index is 0.122. The molecule has 0 heterocycles. The van der Waals surface area contributed by atoms with Gasteiger partial charge >= 0.3 is 0 Å². The van der Waals surface area contributed by atoms with Crippen molar-refractivity contribution in [2.45, 2.75) is 40.2 Å². The van der Waals surface area contributed by atoms with E-state index in [0.29, 0.717) is 5.02 Å². The number of rotatable bonds is 7. The lowest BCUT2D eigenvalue weighted by atomic mass is 10.1. The summed E-state index contributed by atoms with van der Waals surface area (Å²) in [7, 11) is 0. The van der Waals surface area contributed by atoms with Gasteiger partial charge < -0.3 is 10.1 Å². The molecule has 1 aromatic carbocycles. The Morgan fingerprint density at radius 1 is 1.28 bits per heavy atom. The molecule has 0 aromatic heterocycles. The second kappa shape index (κ2) is 7.65. The molecule has 3 heteroatoms. The summed E-state index contributed by atoms with van der Waals surface area (Å²) in [6.07, 6.45) is 1.31. The highest BCUT2D eigenvalue weighted by atomic mass is 35.5. The first-order chi connectivity index (χ1) is 8.49. The average Bonchev–Trinajstić information content (AvgIpc) is 2.29. The van der Waals surface area contributed by atoms with E-state index < -0.39 is 0 Å². The first-order valence-corrected chi connectivity index (χ1v) is 7.00. The minimum Gasteiger partial charge on any atom is -0.488 e. The second-order valence-electron chi connectivity index (χ2n) is 5.25. The van der Waals surface area contributed by atoms with Crippen LogP contribution in [0, 0.1) is 12.8 Å². The molecule has 102 valence electrons. The van der Waals surface area contributed by atoms with Crippen LogP contribution in [0.3, 0.4) is 0 Å². The number of ether oxygens (including phenoxy) is 1. The summed E-state index contributed by atoms with van der Waals surface area (Å²) < 4.78 is 5.84. The van der Waals surface area contributed by atoms with E-state index in [1.54, 1.807) is 0 Å². The van der Waals surface area contributed by atoms with Gasteiger partial charge in [0.2, 0.25) is 0 Å². The molecule has 0 bridgehead atoms. The third kappa shape index (κ3) is 5.74. The van der Waals surface area contributed by atoms with Crippen molar-refractivity contribution in [2.24, 2.45) is 5.92 Å². The Morgan fingerprint density at radius 2 is 2.00 bits per heavy atom. The summed E-state index contributed by atoms with van der Waals surface area (Å²) in [4.78, 5) is 0. The molecular formula is C15H24ClNO. The van der Waals surface area contributed by atoms with E-state index >= 15 is 0 Å². The Bertz CT molecular complexity index is 366. The van der Waals surface area contributed by atoms with Gasteiger partial charge in [-0.25, -0.2) is 0 Å². The Morgan fingerprint density at radius 3 is 2.67 bits per heavy atom. The van der Waals surface area contributed by atoms with Crippen LogP contribution in [0.2, 0.25) is 5.02 Å². The molecule has 0 saturated carbocycles. The molecular weight excluding hydrogens is 246 g/mol. The van der Waals surface area contributed by atoms with Crippen molar-refractivity contribution in [3.05, 3.63) is 28.8 Å². The van der Waals surface area contributed by atoms with Gasteiger partial charge in [0.25, 0.3) is 0 Å². The highest BCUT2D eigenvalue weighted by Crippen LogP contribution is 2.26. The largest absolute Gasteiger partial charge is 0.488 e. The highest BCUT2D eigenvalue weighted by Gasteiger charge is 2.07. The first-order valence-electron chi connectivity index (χ1n) is 6.62. The predicted octanol–water partition coefficient (Wildman–Crippen LogP) is 4.05. The molecule has 1 aromatic rings. The van der Waals surface area contributed by atoms with E-state index in [0.717, 1.165) is 30.3 Å². The van der Waals surface area contributed by atoms with Gasteiger partial charge in [-0.05, 0) is 50.4 Å². The zero-order valence-corrected chi connectivity index (χ0v) is 12.6. The zero-order chi connectivity index (χ0) is 13.5. The van der Waals surface area contributed by atoms with E-state index in [1.807, 2.05) is 25.1 Å². The molecule has 1 rings (SSSR count). The summed E-state index contributed by atoms with van der Waals surface area (Å²) in [6.45, 7) is 10.4. The number of halogens is 1. The molecule has 0 aliphatic carbocycles. The molecule has 0 fully saturated rings. The van der Waals surface area contributed by atoms with Crippen molar-refractivity contribution in [3.8, 4) is 5.75 Å². The number of aryl methyl sites for hydroxylation is 1. The van der Waals surface area contributed by atoms with Crippen molar-refractivity contribution in [3.63, 3.8) is 0 Å². The third-order valence-corrected chi connectivity index (χ3v) is 3.06. The van der Waals surface area contributed by atoms with Gasteiger partial charge in [-0.3, -0.25) is 0 Å². The van der Waals surface area contributed by atoms with Gasteiger partial charge in [0.15, 0.2) is 0 Å². The van der Waals surface area contributed by atoms with Crippen LogP contribution in [-0.4, -0.2) is 19.2 Å². The lowest BCUT2D eigenvalue weighted by molar-refractivity contribution is 0.216. The van der Waals surface area contributed by atoms with E-state index in [1.165, 1.54) is 6.42 Å². The maximum Gasteiger partial charge on any atom is 0.138 e. The highest BCUT2D eigenvalue weighted by molar-refractivity contribution is 6.32. The Hall–Kier alpha value is -0.730. The van der Waals surface area contributed by atoms with E-state index in [9.17, 15) is 0 Å². The maximum atomic E-state index is 6.10. The van der Waals surface area contributed by atoms with Crippen molar-refractivity contribution >= 4 is 11.6 Å². The van der Waals surface area contributed by atoms with Crippen LogP contribution in [0.15, 0.2) is 18.2 Å². The maximum absolute atomic E-state index is 6.10. The topological polar surface area (TPSA) is 21.3 Å². The molecule has 0 radical (unpaired) electrons. The quantitative estimate of drug-likeness (QED) is 0.754. The number of benzene rings is 1. The predicted molar refractivity (Wildman–Crippen MR) is 78.6 cm³/mol. The lowest BCUT2D eigenvalue weighted by Crippen LogP contribution is -2.30. The fourth-order valence-corrected chi connectivity index (χ4v) is 1.82. The monoisotopic (exact) mass is 269 g/mol. The van der Waals surface area contributed by atoms with Gasteiger partial charge in [0, 0.05) is 6.54 Å². The SMILES string of the molecule is Cc1ccc(Cl)c(OC(C)CNCCC(C)C)c1. The average molecular weight is 270 g/mol. The summed E-state index contributed by atoms with van der Waals surface area (Å²) in [5.74, 6) is 1.51. The van der Waals surface area contributed by atoms with Crippen molar-refractivity contribution in [1.82, 2.24) is 5.32 Å². The molecule has 0 spiro atoms. The van der Waals surface area contributed by atoms with Gasteiger partial charge in [-0.15, -0.1) is 0 Å². The fourth-order valence-electron chi connectivity index (χ4n) is 1.66. The first kappa shape index (κ1) is 15.3. The van der Waals surface area contributed by atoms with Crippen LogP contribution in [0.25, 0.3) is 0 Å². The van der Waals surface area contributed by atoms with E-state index in [4.69, 9.17) is 16.3 Å². The Balaban J connectivity index is 2.35. The van der Waals surface area contributed by atoms with Crippen molar-refractivity contribution in [2.75, 3.05) is 13.1 Å². The summed E-state index contributed by atoms with van der Waals surface area (Å²) in [5, 5.41) is 4.08. The van der Waals surface area contributed by atoms with Crippen LogP contribution >= 0.6 is 11.6 Å². The second-order valence-corrected chi connectivity index (χ2v) is 5.66. The van der Waals surface area contributed by atoms with Crippen LogP contribution in [0.1, 0.15) is 32.8 Å². The molecule has 0 aliphatic rings. The molecule has 18 heavy (non-hydrogen) atoms. The molecule has 0 amide bonds. The normalized spacial score (nSPS) is 12.8. The zero-order valence-electron chi connectivity index (χ0n) is 11.8. The van der Waals surface area contributed by atoms with Gasteiger partial charge in [0.05, 0.1) is 5.02 Å². The van der Waals surface area contributed by atoms with Crippen LogP contribution in [0.5, 0.6) is 5.75 Å². The molecule has 1 atom stereocenters. The van der Waals surface area contributed by atoms with Crippen molar-refractivity contribution < 1.29 is 4.74 Å². The summed E-state index contributed by atoms with van der Waals surface area (Å²) in [5.41, 5.74) is 1.16. The number of nitrogens with one attached hydrogen (secondary N) is 1. The fraction of sp³-hybridized carbons (Fsp3) is 0.600. The summed E-state index contributed by atoms with van der Waals surface area (Å²) >= 11 is 6.10. The van der Waals surface area contributed by atoms with Crippen LogP contribution < -0.4 is 10.1 Å². The molecule has 0 saturated heterocycles. The van der Waals surface area contributed by atoms with Crippen LogP contribution in [-0.2, 0) is 0 Å². The standard InChI is InChI=1S/C15H24ClNO/c1-11(2)7-8-17-10-13(4)18-15-9-12(3)5-6-14(15)16/h5-6,9,11,13,17H,7-8,10H2,1-4H3.